The molecule has 5 heteroatoms. The molecule has 0 aromatic rings. The zero-order valence-corrected chi connectivity index (χ0v) is 16.4. The molecule has 3 fully saturated rings. The molecule has 4 aliphatic rings. The Bertz CT molecular complexity index is 603. The lowest BCUT2D eigenvalue weighted by Crippen LogP contribution is -2.51. The largest absolute Gasteiger partial charge is 0.396 e. The van der Waals surface area contributed by atoms with Crippen molar-refractivity contribution in [1.29, 1.82) is 0 Å². The van der Waals surface area contributed by atoms with E-state index < -0.39 is 12.2 Å². The van der Waals surface area contributed by atoms with E-state index in [2.05, 4.69) is 13.8 Å². The summed E-state index contributed by atoms with van der Waals surface area (Å²) in [5.41, 5.74) is 1.50. The summed E-state index contributed by atoms with van der Waals surface area (Å²) < 4.78 is 12.4. The van der Waals surface area contributed by atoms with Gasteiger partial charge in [0.25, 0.3) is 0 Å². The summed E-state index contributed by atoms with van der Waals surface area (Å²) in [5, 5.41) is 31.9. The molecule has 0 unspecified atom stereocenters. The minimum absolute atomic E-state index is 0.0160. The highest BCUT2D eigenvalue weighted by atomic mass is 16.5. The van der Waals surface area contributed by atoms with Gasteiger partial charge in [-0.2, -0.15) is 0 Å². The number of hydrogen-bond acceptors (Lipinski definition) is 5. The topological polar surface area (TPSA) is 79.2 Å². The van der Waals surface area contributed by atoms with Crippen LogP contribution in [0.3, 0.4) is 0 Å². The van der Waals surface area contributed by atoms with E-state index in [4.69, 9.17) is 9.47 Å². The van der Waals surface area contributed by atoms with E-state index in [-0.39, 0.29) is 41.5 Å². The van der Waals surface area contributed by atoms with Crippen LogP contribution in [0, 0.1) is 29.1 Å². The fourth-order valence-electron chi connectivity index (χ4n) is 6.90. The van der Waals surface area contributed by atoms with E-state index in [1.54, 1.807) is 7.11 Å². The maximum Gasteiger partial charge on any atom is 0.102 e. The van der Waals surface area contributed by atoms with Gasteiger partial charge in [-0.05, 0) is 43.1 Å². The lowest BCUT2D eigenvalue weighted by molar-refractivity contribution is -0.132. The van der Waals surface area contributed by atoms with Gasteiger partial charge in [0.15, 0.2) is 0 Å². The molecular formula is C21H34O5. The first-order valence-electron chi connectivity index (χ1n) is 10.2. The molecule has 1 spiro atoms. The SMILES string of the molecule is COC[C@H]1CC[C@H]2[C@@H](C)[C@@H](O)[C@H](O)C3=C([C@H](C)CO)C[C@@H]4O[C@]12C[C@]34C. The third kappa shape index (κ3) is 2.27. The highest BCUT2D eigenvalue weighted by molar-refractivity contribution is 5.40. The molecule has 2 saturated carbocycles. The van der Waals surface area contributed by atoms with Gasteiger partial charge in [0.05, 0.1) is 24.4 Å². The summed E-state index contributed by atoms with van der Waals surface area (Å²) in [5.74, 6) is 0.534. The van der Waals surface area contributed by atoms with Gasteiger partial charge < -0.3 is 24.8 Å². The summed E-state index contributed by atoms with van der Waals surface area (Å²) >= 11 is 0. The second-order valence-corrected chi connectivity index (χ2v) is 9.51. The molecular weight excluding hydrogens is 332 g/mol. The zero-order valence-electron chi connectivity index (χ0n) is 16.4. The molecule has 0 aromatic carbocycles. The number of aliphatic hydroxyl groups excluding tert-OH is 3. The molecule has 9 atom stereocenters. The van der Waals surface area contributed by atoms with Gasteiger partial charge in [-0.3, -0.25) is 0 Å². The molecule has 3 N–H and O–H groups in total. The van der Waals surface area contributed by atoms with Gasteiger partial charge in [0, 0.05) is 31.0 Å². The van der Waals surface area contributed by atoms with Gasteiger partial charge in [-0.25, -0.2) is 0 Å². The smallest absolute Gasteiger partial charge is 0.102 e. The van der Waals surface area contributed by atoms with E-state index in [1.165, 1.54) is 0 Å². The van der Waals surface area contributed by atoms with E-state index in [9.17, 15) is 15.3 Å². The van der Waals surface area contributed by atoms with Crippen molar-refractivity contribution in [2.45, 2.75) is 70.4 Å². The molecule has 26 heavy (non-hydrogen) atoms. The summed E-state index contributed by atoms with van der Waals surface area (Å²) in [7, 11) is 1.75. The van der Waals surface area contributed by atoms with Crippen LogP contribution in [0.4, 0.5) is 0 Å². The van der Waals surface area contributed by atoms with Crippen molar-refractivity contribution in [3.63, 3.8) is 0 Å². The fraction of sp³-hybridized carbons (Fsp3) is 0.905. The Morgan fingerprint density at radius 3 is 2.69 bits per heavy atom. The van der Waals surface area contributed by atoms with Crippen molar-refractivity contribution in [2.75, 3.05) is 20.3 Å². The standard InChI is InChI=1S/C21H34O5/c1-11(8-22)14-7-16-20(3)10-21(26-16)13(9-25-4)5-6-15(21)12(2)18(23)19(24)17(14)20/h11-13,15-16,18-19,22-24H,5-10H2,1-4H3/t11-,12-,13-,15+,16+,18-,19-,20+,21-/m1/s1. The summed E-state index contributed by atoms with van der Waals surface area (Å²) in [4.78, 5) is 0. The average molecular weight is 366 g/mol. The Morgan fingerprint density at radius 1 is 1.31 bits per heavy atom. The number of aliphatic hydroxyl groups is 3. The summed E-state index contributed by atoms with van der Waals surface area (Å²) in [6.45, 7) is 6.99. The molecule has 1 heterocycles. The molecule has 2 bridgehead atoms. The maximum absolute atomic E-state index is 11.2. The maximum atomic E-state index is 11.2. The number of methoxy groups -OCH3 is 1. The number of ether oxygens (including phenoxy) is 2. The molecule has 5 nitrogen and oxygen atoms in total. The highest BCUT2D eigenvalue weighted by Gasteiger charge is 2.68. The molecule has 1 aliphatic heterocycles. The zero-order chi connectivity index (χ0) is 18.9. The first-order chi connectivity index (χ1) is 12.3. The van der Waals surface area contributed by atoms with Gasteiger partial charge in [0.1, 0.15) is 6.10 Å². The van der Waals surface area contributed by atoms with Crippen LogP contribution in [0.2, 0.25) is 0 Å². The molecule has 0 aromatic heterocycles. The second-order valence-electron chi connectivity index (χ2n) is 9.51. The molecule has 1 saturated heterocycles. The Morgan fingerprint density at radius 2 is 2.04 bits per heavy atom. The van der Waals surface area contributed by atoms with Crippen LogP contribution in [0.5, 0.6) is 0 Å². The number of hydrogen-bond donors (Lipinski definition) is 3. The summed E-state index contributed by atoms with van der Waals surface area (Å²) in [6, 6.07) is 0. The van der Waals surface area contributed by atoms with Gasteiger partial charge in [-0.15, -0.1) is 0 Å². The van der Waals surface area contributed by atoms with E-state index >= 15 is 0 Å². The van der Waals surface area contributed by atoms with Gasteiger partial charge >= 0.3 is 0 Å². The van der Waals surface area contributed by atoms with Crippen LogP contribution in [0.1, 0.15) is 46.5 Å². The minimum Gasteiger partial charge on any atom is -0.396 e. The molecule has 0 radical (unpaired) electrons. The Labute approximate surface area is 156 Å². The second kappa shape index (κ2) is 6.28. The van der Waals surface area contributed by atoms with Gasteiger partial charge in [-0.1, -0.05) is 26.3 Å². The quantitative estimate of drug-likeness (QED) is 0.662. The predicted octanol–water partition coefficient (Wildman–Crippen LogP) is 1.89. The fourth-order valence-corrected chi connectivity index (χ4v) is 6.90. The predicted molar refractivity (Wildman–Crippen MR) is 97.5 cm³/mol. The Hall–Kier alpha value is -0.460. The first kappa shape index (κ1) is 18.9. The normalized spacial score (nSPS) is 51.3. The van der Waals surface area contributed by atoms with Crippen molar-refractivity contribution in [1.82, 2.24) is 0 Å². The molecule has 0 amide bonds. The lowest BCUT2D eigenvalue weighted by atomic mass is 9.62. The monoisotopic (exact) mass is 366 g/mol. The van der Waals surface area contributed by atoms with Crippen molar-refractivity contribution < 1.29 is 24.8 Å². The molecule has 4 rings (SSSR count). The Kier molecular flexibility index (Phi) is 4.56. The third-order valence-corrected chi connectivity index (χ3v) is 8.26. The average Bonchev–Trinajstić information content (AvgIpc) is 3.19. The van der Waals surface area contributed by atoms with E-state index in [0.717, 1.165) is 36.8 Å². The molecule has 3 aliphatic carbocycles. The van der Waals surface area contributed by atoms with Crippen molar-refractivity contribution in [3.8, 4) is 0 Å². The third-order valence-electron chi connectivity index (χ3n) is 8.26. The Balaban J connectivity index is 1.84. The van der Waals surface area contributed by atoms with Crippen LogP contribution < -0.4 is 0 Å². The van der Waals surface area contributed by atoms with Gasteiger partial charge in [0.2, 0.25) is 0 Å². The van der Waals surface area contributed by atoms with Crippen molar-refractivity contribution in [3.05, 3.63) is 11.1 Å². The number of rotatable bonds is 4. The summed E-state index contributed by atoms with van der Waals surface area (Å²) in [6.07, 6.45) is 2.05. The van der Waals surface area contributed by atoms with Crippen LogP contribution in [-0.2, 0) is 9.47 Å². The molecule has 148 valence electrons. The minimum atomic E-state index is -0.870. The van der Waals surface area contributed by atoms with E-state index in [0.29, 0.717) is 12.5 Å². The van der Waals surface area contributed by atoms with Crippen LogP contribution >= 0.6 is 0 Å². The van der Waals surface area contributed by atoms with Crippen molar-refractivity contribution >= 4 is 0 Å². The van der Waals surface area contributed by atoms with Crippen LogP contribution in [0.25, 0.3) is 0 Å². The highest BCUT2D eigenvalue weighted by Crippen LogP contribution is 2.67. The first-order valence-corrected chi connectivity index (χ1v) is 10.2. The van der Waals surface area contributed by atoms with Crippen LogP contribution in [0.15, 0.2) is 11.1 Å². The lowest BCUT2D eigenvalue weighted by Gasteiger charge is -2.45. The van der Waals surface area contributed by atoms with E-state index in [1.807, 2.05) is 6.92 Å². The van der Waals surface area contributed by atoms with Crippen molar-refractivity contribution in [2.24, 2.45) is 29.1 Å². The van der Waals surface area contributed by atoms with Crippen LogP contribution in [-0.4, -0.2) is 59.6 Å².